The molecule has 2 amide bonds. The van der Waals surface area contributed by atoms with E-state index in [9.17, 15) is 18.0 Å². The normalized spacial score (nSPS) is 12.2. The number of sulfonamides is 1. The van der Waals surface area contributed by atoms with Gasteiger partial charge in [-0.3, -0.25) is 9.59 Å². The average Bonchev–Trinajstić information content (AvgIpc) is 2.67. The van der Waals surface area contributed by atoms with Gasteiger partial charge in [-0.05, 0) is 55.3 Å². The van der Waals surface area contributed by atoms with Crippen molar-refractivity contribution in [1.29, 1.82) is 0 Å². The van der Waals surface area contributed by atoms with Gasteiger partial charge in [0.05, 0.1) is 11.3 Å². The quantitative estimate of drug-likeness (QED) is 0.541. The Balaban J connectivity index is 1.88. The van der Waals surface area contributed by atoms with E-state index in [1.54, 1.807) is 31.2 Å². The fraction of sp³-hybridized carbons (Fsp3) is 0.300. The Kier molecular flexibility index (Phi) is 7.74. The Morgan fingerprint density at radius 3 is 2.24 bits per heavy atom. The molecule has 0 aliphatic rings. The highest BCUT2D eigenvalue weighted by Crippen LogP contribution is 2.17. The van der Waals surface area contributed by atoms with Gasteiger partial charge in [-0.1, -0.05) is 19.1 Å². The van der Waals surface area contributed by atoms with Crippen LogP contribution in [-0.4, -0.2) is 32.9 Å². The van der Waals surface area contributed by atoms with Crippen LogP contribution in [0.25, 0.3) is 0 Å². The van der Waals surface area contributed by atoms with Gasteiger partial charge >= 0.3 is 0 Å². The minimum absolute atomic E-state index is 0.130. The van der Waals surface area contributed by atoms with Crippen molar-refractivity contribution < 1.29 is 22.7 Å². The first kappa shape index (κ1) is 22.4. The first-order chi connectivity index (χ1) is 13.7. The molecule has 2 aromatic rings. The first-order valence-electron chi connectivity index (χ1n) is 9.12. The maximum Gasteiger partial charge on any atom is 0.262 e. The number of carbonyl (C=O) groups excluding carboxylic acids is 2. The summed E-state index contributed by atoms with van der Waals surface area (Å²) in [6.07, 6.45) is 0.819. The molecule has 2 aromatic carbocycles. The van der Waals surface area contributed by atoms with Crippen molar-refractivity contribution in [2.24, 2.45) is 5.73 Å². The molecule has 0 spiro atoms. The van der Waals surface area contributed by atoms with Gasteiger partial charge in [-0.25, -0.2) is 13.1 Å². The van der Waals surface area contributed by atoms with Gasteiger partial charge in [0.25, 0.3) is 5.91 Å². The van der Waals surface area contributed by atoms with Crippen LogP contribution in [0.2, 0.25) is 0 Å². The highest BCUT2D eigenvalue weighted by molar-refractivity contribution is 7.89. The molecule has 2 rings (SSSR count). The number of hydrogen-bond acceptors (Lipinski definition) is 5. The number of carbonyl (C=O) groups is 2. The maximum atomic E-state index is 12.2. The third-order valence-electron chi connectivity index (χ3n) is 4.09. The van der Waals surface area contributed by atoms with Gasteiger partial charge in [0.2, 0.25) is 15.9 Å². The van der Waals surface area contributed by atoms with Crippen molar-refractivity contribution in [3.63, 3.8) is 0 Å². The first-order valence-corrected chi connectivity index (χ1v) is 10.6. The van der Waals surface area contributed by atoms with Crippen LogP contribution in [0.15, 0.2) is 53.4 Å². The predicted molar refractivity (Wildman–Crippen MR) is 110 cm³/mol. The largest absolute Gasteiger partial charge is 0.484 e. The van der Waals surface area contributed by atoms with E-state index in [1.165, 1.54) is 24.3 Å². The lowest BCUT2D eigenvalue weighted by Gasteiger charge is -2.12. The summed E-state index contributed by atoms with van der Waals surface area (Å²) >= 11 is 0. The third-order valence-corrected chi connectivity index (χ3v) is 5.69. The van der Waals surface area contributed by atoms with Crippen molar-refractivity contribution in [2.45, 2.75) is 37.6 Å². The van der Waals surface area contributed by atoms with Crippen molar-refractivity contribution in [1.82, 2.24) is 4.72 Å². The molecule has 0 heterocycles. The number of benzene rings is 2. The monoisotopic (exact) mass is 419 g/mol. The zero-order valence-corrected chi connectivity index (χ0v) is 17.2. The van der Waals surface area contributed by atoms with E-state index < -0.39 is 15.9 Å². The number of nitrogens with one attached hydrogen (secondary N) is 2. The Morgan fingerprint density at radius 2 is 1.69 bits per heavy atom. The molecular weight excluding hydrogens is 394 g/mol. The van der Waals surface area contributed by atoms with Crippen LogP contribution in [-0.2, 0) is 26.0 Å². The minimum atomic E-state index is -3.59. The van der Waals surface area contributed by atoms with Crippen molar-refractivity contribution in [3.05, 3.63) is 54.1 Å². The second-order valence-electron chi connectivity index (χ2n) is 6.58. The highest BCUT2D eigenvalue weighted by atomic mass is 32.2. The highest BCUT2D eigenvalue weighted by Gasteiger charge is 2.16. The molecule has 0 radical (unpaired) electrons. The van der Waals surface area contributed by atoms with Crippen molar-refractivity contribution in [3.8, 4) is 5.75 Å². The van der Waals surface area contributed by atoms with Crippen LogP contribution >= 0.6 is 0 Å². The van der Waals surface area contributed by atoms with Crippen molar-refractivity contribution in [2.75, 3.05) is 11.9 Å². The molecule has 0 fully saturated rings. The van der Waals surface area contributed by atoms with Crippen molar-refractivity contribution >= 4 is 27.5 Å². The van der Waals surface area contributed by atoms with Gasteiger partial charge in [-0.2, -0.15) is 0 Å². The van der Waals surface area contributed by atoms with Crippen LogP contribution in [0.3, 0.4) is 0 Å². The van der Waals surface area contributed by atoms with Gasteiger partial charge in [0.15, 0.2) is 6.61 Å². The molecule has 8 nitrogen and oxygen atoms in total. The molecule has 0 unspecified atom stereocenters. The summed E-state index contributed by atoms with van der Waals surface area (Å²) in [7, 11) is -3.59. The smallest absolute Gasteiger partial charge is 0.262 e. The van der Waals surface area contributed by atoms with E-state index in [4.69, 9.17) is 10.5 Å². The molecule has 0 aliphatic heterocycles. The summed E-state index contributed by atoms with van der Waals surface area (Å²) in [6.45, 7) is 3.45. The van der Waals surface area contributed by atoms with Crippen LogP contribution in [0.1, 0.15) is 25.8 Å². The van der Waals surface area contributed by atoms with E-state index in [0.29, 0.717) is 17.9 Å². The molecule has 0 saturated heterocycles. The third kappa shape index (κ3) is 7.20. The zero-order chi connectivity index (χ0) is 21.4. The summed E-state index contributed by atoms with van der Waals surface area (Å²) in [5.41, 5.74) is 6.45. The second-order valence-corrected chi connectivity index (χ2v) is 8.29. The van der Waals surface area contributed by atoms with Crippen LogP contribution < -0.4 is 20.5 Å². The number of ether oxygens (including phenoxy) is 1. The number of hydrogen-bond donors (Lipinski definition) is 3. The van der Waals surface area contributed by atoms with Crippen LogP contribution in [0.5, 0.6) is 5.75 Å². The molecule has 0 saturated carbocycles. The molecule has 29 heavy (non-hydrogen) atoms. The number of amides is 2. The number of nitrogens with two attached hydrogens (primary N) is 1. The summed E-state index contributed by atoms with van der Waals surface area (Å²) in [5, 5.41) is 2.67. The Labute approximate surface area is 170 Å². The Morgan fingerprint density at radius 1 is 1.07 bits per heavy atom. The van der Waals surface area contributed by atoms with E-state index in [1.807, 2.05) is 6.92 Å². The summed E-state index contributed by atoms with van der Waals surface area (Å²) in [4.78, 5) is 23.0. The lowest BCUT2D eigenvalue weighted by Crippen LogP contribution is -2.31. The molecule has 0 aliphatic carbocycles. The zero-order valence-electron chi connectivity index (χ0n) is 16.3. The summed E-state index contributed by atoms with van der Waals surface area (Å²) < 4.78 is 32.4. The van der Waals surface area contributed by atoms with Crippen LogP contribution in [0, 0.1) is 0 Å². The van der Waals surface area contributed by atoms with E-state index in [2.05, 4.69) is 10.0 Å². The molecule has 0 bridgehead atoms. The standard InChI is InChI=1S/C20H25N3O5S/c1-3-14(2)23-29(26,27)18-10-8-17(9-11-18)28-13-20(25)22-16-6-4-15(5-7-16)12-19(21)24/h4-11,14,23H,3,12-13H2,1-2H3,(H2,21,24)(H,22,25)/t14-/m0/s1. The lowest BCUT2D eigenvalue weighted by atomic mass is 10.1. The Bertz CT molecular complexity index is 941. The van der Waals surface area contributed by atoms with E-state index in [0.717, 1.165) is 5.56 Å². The predicted octanol–water partition coefficient (Wildman–Crippen LogP) is 1.81. The molecule has 9 heteroatoms. The fourth-order valence-electron chi connectivity index (χ4n) is 2.38. The van der Waals surface area contributed by atoms with Gasteiger partial charge < -0.3 is 15.8 Å². The van der Waals surface area contributed by atoms with E-state index in [-0.39, 0.29) is 29.9 Å². The lowest BCUT2D eigenvalue weighted by molar-refractivity contribution is -0.118. The molecular formula is C20H25N3O5S. The van der Waals surface area contributed by atoms with E-state index >= 15 is 0 Å². The average molecular weight is 420 g/mol. The summed E-state index contributed by atoms with van der Waals surface area (Å²) in [5.74, 6) is -0.424. The topological polar surface area (TPSA) is 128 Å². The number of rotatable bonds is 10. The summed E-state index contributed by atoms with van der Waals surface area (Å²) in [6, 6.07) is 12.4. The van der Waals surface area contributed by atoms with Crippen LogP contribution in [0.4, 0.5) is 5.69 Å². The molecule has 1 atom stereocenters. The second kappa shape index (κ2) is 10.0. The molecule has 4 N–H and O–H groups in total. The number of anilines is 1. The van der Waals surface area contributed by atoms with Gasteiger partial charge in [-0.15, -0.1) is 0 Å². The fourth-order valence-corrected chi connectivity index (χ4v) is 3.71. The molecule has 156 valence electrons. The SMILES string of the molecule is CC[C@H](C)NS(=O)(=O)c1ccc(OCC(=O)Nc2ccc(CC(N)=O)cc2)cc1. The molecule has 0 aromatic heterocycles. The number of primary amides is 1. The Hall–Kier alpha value is -2.91. The maximum absolute atomic E-state index is 12.2. The minimum Gasteiger partial charge on any atom is -0.484 e. The van der Waals surface area contributed by atoms with Gasteiger partial charge in [0.1, 0.15) is 5.75 Å². The van der Waals surface area contributed by atoms with Gasteiger partial charge in [0, 0.05) is 11.7 Å².